The van der Waals surface area contributed by atoms with Crippen LogP contribution in [0.1, 0.15) is 4.88 Å². The lowest BCUT2D eigenvalue weighted by atomic mass is 10.2. The summed E-state index contributed by atoms with van der Waals surface area (Å²) in [5, 5.41) is 0.846. The fourth-order valence-electron chi connectivity index (χ4n) is 1.80. The van der Waals surface area contributed by atoms with Crippen LogP contribution in [0.3, 0.4) is 0 Å². The number of nitrogens with zero attached hydrogens (tertiary/aromatic N) is 1. The summed E-state index contributed by atoms with van der Waals surface area (Å²) in [7, 11) is 4.77. The first-order valence-electron chi connectivity index (χ1n) is 5.69. The number of hydrogen-bond acceptors (Lipinski definition) is 6. The van der Waals surface area contributed by atoms with Crippen molar-refractivity contribution in [1.29, 1.82) is 0 Å². The Kier molecular flexibility index (Phi) is 4.24. The van der Waals surface area contributed by atoms with E-state index in [1.807, 2.05) is 12.1 Å². The average Bonchev–Trinajstić information content (AvgIpc) is 2.94. The van der Waals surface area contributed by atoms with Crippen LogP contribution < -0.4 is 19.9 Å². The Labute approximate surface area is 115 Å². The highest BCUT2D eigenvalue weighted by molar-refractivity contribution is 7.15. The fraction of sp³-hybridized carbons (Fsp3) is 0.308. The van der Waals surface area contributed by atoms with Gasteiger partial charge >= 0.3 is 0 Å². The zero-order valence-corrected chi connectivity index (χ0v) is 11.9. The molecule has 1 heterocycles. The van der Waals surface area contributed by atoms with Crippen LogP contribution in [0.25, 0.3) is 10.6 Å². The number of aromatic nitrogens is 1. The molecule has 6 heteroatoms. The highest BCUT2D eigenvalue weighted by atomic mass is 32.1. The normalized spacial score (nSPS) is 10.3. The molecule has 5 nitrogen and oxygen atoms in total. The third kappa shape index (κ3) is 2.50. The third-order valence-electron chi connectivity index (χ3n) is 2.69. The number of hydrogen-bond donors (Lipinski definition) is 1. The van der Waals surface area contributed by atoms with E-state index in [0.717, 1.165) is 15.4 Å². The SMILES string of the molecule is COc1ccc(-c2ncc(CN)s2)c(OC)c1OC. The zero-order valence-electron chi connectivity index (χ0n) is 11.1. The minimum Gasteiger partial charge on any atom is -0.493 e. The van der Waals surface area contributed by atoms with Gasteiger partial charge in [0.15, 0.2) is 11.5 Å². The molecule has 0 spiro atoms. The molecule has 0 amide bonds. The van der Waals surface area contributed by atoms with Gasteiger partial charge in [0.1, 0.15) is 5.01 Å². The van der Waals surface area contributed by atoms with Crippen molar-refractivity contribution < 1.29 is 14.2 Å². The van der Waals surface area contributed by atoms with Crippen LogP contribution in [-0.2, 0) is 6.54 Å². The van der Waals surface area contributed by atoms with Gasteiger partial charge < -0.3 is 19.9 Å². The van der Waals surface area contributed by atoms with Gasteiger partial charge in [0.25, 0.3) is 0 Å². The molecule has 0 bridgehead atoms. The first-order chi connectivity index (χ1) is 9.24. The van der Waals surface area contributed by atoms with Crippen molar-refractivity contribution in [2.75, 3.05) is 21.3 Å². The molecule has 0 unspecified atom stereocenters. The van der Waals surface area contributed by atoms with E-state index < -0.39 is 0 Å². The topological polar surface area (TPSA) is 66.6 Å². The van der Waals surface area contributed by atoms with Crippen molar-refractivity contribution in [3.63, 3.8) is 0 Å². The molecule has 0 saturated carbocycles. The second-order valence-corrected chi connectivity index (χ2v) is 4.83. The first kappa shape index (κ1) is 13.6. The molecular formula is C13H16N2O3S. The second-order valence-electron chi connectivity index (χ2n) is 3.72. The smallest absolute Gasteiger partial charge is 0.204 e. The molecule has 0 radical (unpaired) electrons. The van der Waals surface area contributed by atoms with Gasteiger partial charge in [-0.25, -0.2) is 4.98 Å². The third-order valence-corrected chi connectivity index (χ3v) is 3.74. The maximum atomic E-state index is 5.61. The summed E-state index contributed by atoms with van der Waals surface area (Å²) in [5.41, 5.74) is 6.47. The van der Waals surface area contributed by atoms with E-state index in [0.29, 0.717) is 23.8 Å². The Balaban J connectivity index is 2.56. The molecule has 19 heavy (non-hydrogen) atoms. The van der Waals surface area contributed by atoms with Crippen LogP contribution in [0.5, 0.6) is 17.2 Å². The summed E-state index contributed by atoms with van der Waals surface area (Å²) in [6.07, 6.45) is 1.77. The summed E-state index contributed by atoms with van der Waals surface area (Å²) in [6.45, 7) is 0.479. The van der Waals surface area contributed by atoms with Gasteiger partial charge in [-0.05, 0) is 12.1 Å². The zero-order chi connectivity index (χ0) is 13.8. The van der Waals surface area contributed by atoms with E-state index >= 15 is 0 Å². The van der Waals surface area contributed by atoms with Gasteiger partial charge in [-0.2, -0.15) is 0 Å². The van der Waals surface area contributed by atoms with Gasteiger partial charge in [0.2, 0.25) is 5.75 Å². The predicted molar refractivity (Wildman–Crippen MR) is 75.1 cm³/mol. The predicted octanol–water partition coefficient (Wildman–Crippen LogP) is 2.29. The molecule has 0 aliphatic carbocycles. The van der Waals surface area contributed by atoms with Crippen LogP contribution >= 0.6 is 11.3 Å². The first-order valence-corrected chi connectivity index (χ1v) is 6.50. The van der Waals surface area contributed by atoms with Crippen molar-refractivity contribution in [2.45, 2.75) is 6.54 Å². The van der Waals surface area contributed by atoms with Crippen LogP contribution in [0.15, 0.2) is 18.3 Å². The molecule has 2 aromatic rings. The van der Waals surface area contributed by atoms with E-state index in [1.54, 1.807) is 27.5 Å². The fourth-order valence-corrected chi connectivity index (χ4v) is 2.61. The molecule has 1 aromatic heterocycles. The average molecular weight is 280 g/mol. The van der Waals surface area contributed by atoms with E-state index in [4.69, 9.17) is 19.9 Å². The molecule has 0 saturated heterocycles. The van der Waals surface area contributed by atoms with Gasteiger partial charge in [-0.1, -0.05) is 0 Å². The largest absolute Gasteiger partial charge is 0.493 e. The monoisotopic (exact) mass is 280 g/mol. The summed E-state index contributed by atoms with van der Waals surface area (Å²) < 4.78 is 16.0. The van der Waals surface area contributed by atoms with E-state index in [9.17, 15) is 0 Å². The second kappa shape index (κ2) is 5.90. The summed E-state index contributed by atoms with van der Waals surface area (Å²) in [4.78, 5) is 5.38. The Morgan fingerprint density at radius 3 is 2.37 bits per heavy atom. The summed E-state index contributed by atoms with van der Waals surface area (Å²) in [5.74, 6) is 1.80. The van der Waals surface area contributed by atoms with Crippen molar-refractivity contribution in [3.05, 3.63) is 23.2 Å². The van der Waals surface area contributed by atoms with Crippen molar-refractivity contribution in [1.82, 2.24) is 4.98 Å². The maximum Gasteiger partial charge on any atom is 0.204 e. The molecule has 102 valence electrons. The Morgan fingerprint density at radius 1 is 1.11 bits per heavy atom. The van der Waals surface area contributed by atoms with Gasteiger partial charge in [-0.3, -0.25) is 0 Å². The van der Waals surface area contributed by atoms with Crippen molar-refractivity contribution in [3.8, 4) is 27.8 Å². The quantitative estimate of drug-likeness (QED) is 0.910. The molecule has 0 aliphatic heterocycles. The van der Waals surface area contributed by atoms with Crippen LogP contribution in [0.4, 0.5) is 0 Å². The molecule has 1 aromatic carbocycles. The van der Waals surface area contributed by atoms with Gasteiger partial charge in [0.05, 0.1) is 26.9 Å². The standard InChI is InChI=1S/C13H16N2O3S/c1-16-10-5-4-9(11(17-2)12(10)18-3)13-15-7-8(6-14)19-13/h4-5,7H,6,14H2,1-3H3. The minimum absolute atomic E-state index is 0.479. The lowest BCUT2D eigenvalue weighted by Gasteiger charge is -2.14. The van der Waals surface area contributed by atoms with E-state index in [2.05, 4.69) is 4.98 Å². The number of nitrogens with two attached hydrogens (primary N) is 1. The van der Waals surface area contributed by atoms with Gasteiger partial charge in [0, 0.05) is 17.6 Å². The molecule has 2 N–H and O–H groups in total. The molecule has 0 aliphatic rings. The summed E-state index contributed by atoms with van der Waals surface area (Å²) in [6, 6.07) is 3.74. The maximum absolute atomic E-state index is 5.61. The molecular weight excluding hydrogens is 264 g/mol. The van der Waals surface area contributed by atoms with E-state index in [1.165, 1.54) is 11.3 Å². The lowest BCUT2D eigenvalue weighted by molar-refractivity contribution is 0.325. The molecule has 0 atom stereocenters. The number of rotatable bonds is 5. The number of benzene rings is 1. The molecule has 2 rings (SSSR count). The molecule has 0 fully saturated rings. The lowest BCUT2D eigenvalue weighted by Crippen LogP contribution is -1.96. The van der Waals surface area contributed by atoms with Gasteiger partial charge in [-0.15, -0.1) is 11.3 Å². The number of thiazole rings is 1. The summed E-state index contributed by atoms with van der Waals surface area (Å²) >= 11 is 1.54. The Morgan fingerprint density at radius 2 is 1.84 bits per heavy atom. The number of methoxy groups -OCH3 is 3. The Hall–Kier alpha value is -1.79. The van der Waals surface area contributed by atoms with E-state index in [-0.39, 0.29) is 0 Å². The van der Waals surface area contributed by atoms with Crippen molar-refractivity contribution in [2.24, 2.45) is 5.73 Å². The minimum atomic E-state index is 0.479. The Bertz CT molecular complexity index is 569. The highest BCUT2D eigenvalue weighted by Crippen LogP contribution is 2.44. The highest BCUT2D eigenvalue weighted by Gasteiger charge is 2.18. The van der Waals surface area contributed by atoms with Crippen LogP contribution in [-0.4, -0.2) is 26.3 Å². The van der Waals surface area contributed by atoms with Crippen LogP contribution in [0.2, 0.25) is 0 Å². The number of ether oxygens (including phenoxy) is 3. The van der Waals surface area contributed by atoms with Crippen LogP contribution in [0, 0.1) is 0 Å². The van der Waals surface area contributed by atoms with Crippen molar-refractivity contribution >= 4 is 11.3 Å².